The zero-order valence-corrected chi connectivity index (χ0v) is 13.4. The van der Waals surface area contributed by atoms with E-state index in [9.17, 15) is 0 Å². The Morgan fingerprint density at radius 3 is 2.90 bits per heavy atom. The molecule has 2 unspecified atom stereocenters. The molecule has 1 heterocycles. The van der Waals surface area contributed by atoms with Crippen molar-refractivity contribution in [2.45, 2.75) is 37.5 Å². The highest BCUT2D eigenvalue weighted by atomic mass is 32.2. The smallest absolute Gasteiger partial charge is 0.225 e. The first-order valence-electron chi connectivity index (χ1n) is 7.61. The van der Waals surface area contributed by atoms with E-state index in [1.54, 1.807) is 0 Å². The van der Waals surface area contributed by atoms with Gasteiger partial charge in [0.15, 0.2) is 0 Å². The third kappa shape index (κ3) is 3.07. The summed E-state index contributed by atoms with van der Waals surface area (Å²) in [6, 6.07) is 8.72. The van der Waals surface area contributed by atoms with Crippen molar-refractivity contribution in [2.24, 2.45) is 0 Å². The van der Waals surface area contributed by atoms with Crippen LogP contribution in [0.2, 0.25) is 0 Å². The molecule has 0 bridgehead atoms. The maximum Gasteiger partial charge on any atom is 0.225 e. The SMILES string of the molecule is CCNc1nc(NC2CCCC2SC)c2ccccc2n1. The van der Waals surface area contributed by atoms with Crippen LogP contribution in [0.3, 0.4) is 0 Å². The van der Waals surface area contributed by atoms with Gasteiger partial charge in [-0.05, 0) is 38.2 Å². The number of anilines is 2. The van der Waals surface area contributed by atoms with Crippen molar-refractivity contribution < 1.29 is 0 Å². The standard InChI is InChI=1S/C16H22N4S/c1-3-17-16-19-12-8-5-4-7-11(12)15(20-16)18-13-9-6-10-14(13)21-2/h4-5,7-8,13-14H,3,6,9-10H2,1-2H3,(H2,17,18,19,20). The Labute approximate surface area is 130 Å². The first-order chi connectivity index (χ1) is 10.3. The summed E-state index contributed by atoms with van der Waals surface area (Å²) < 4.78 is 0. The van der Waals surface area contributed by atoms with Gasteiger partial charge >= 0.3 is 0 Å². The van der Waals surface area contributed by atoms with E-state index in [0.717, 1.165) is 23.3 Å². The lowest BCUT2D eigenvalue weighted by atomic mass is 10.2. The average molecular weight is 302 g/mol. The van der Waals surface area contributed by atoms with E-state index in [2.05, 4.69) is 39.8 Å². The van der Waals surface area contributed by atoms with E-state index in [1.165, 1.54) is 19.3 Å². The van der Waals surface area contributed by atoms with Crippen LogP contribution in [0.5, 0.6) is 0 Å². The predicted octanol–water partition coefficient (Wildman–Crippen LogP) is 3.76. The van der Waals surface area contributed by atoms with Crippen molar-refractivity contribution in [3.05, 3.63) is 24.3 Å². The molecule has 5 heteroatoms. The normalized spacial score (nSPS) is 21.6. The molecule has 0 saturated heterocycles. The van der Waals surface area contributed by atoms with E-state index in [1.807, 2.05) is 30.0 Å². The molecular formula is C16H22N4S. The van der Waals surface area contributed by atoms with Gasteiger partial charge in [-0.25, -0.2) is 4.98 Å². The van der Waals surface area contributed by atoms with Gasteiger partial charge in [-0.15, -0.1) is 0 Å². The minimum absolute atomic E-state index is 0.507. The van der Waals surface area contributed by atoms with Crippen molar-refractivity contribution in [3.63, 3.8) is 0 Å². The lowest BCUT2D eigenvalue weighted by Crippen LogP contribution is -2.26. The van der Waals surface area contributed by atoms with Gasteiger partial charge in [-0.2, -0.15) is 16.7 Å². The maximum absolute atomic E-state index is 4.68. The van der Waals surface area contributed by atoms with Gasteiger partial charge in [0.2, 0.25) is 5.95 Å². The van der Waals surface area contributed by atoms with Crippen molar-refractivity contribution in [2.75, 3.05) is 23.4 Å². The fourth-order valence-electron chi connectivity index (χ4n) is 2.97. The third-order valence-corrected chi connectivity index (χ3v) is 5.19. The van der Waals surface area contributed by atoms with Crippen molar-refractivity contribution in [1.29, 1.82) is 0 Å². The molecule has 2 N–H and O–H groups in total. The topological polar surface area (TPSA) is 49.8 Å². The molecule has 1 aromatic carbocycles. The fourth-order valence-corrected chi connectivity index (χ4v) is 3.91. The van der Waals surface area contributed by atoms with Crippen LogP contribution in [-0.4, -0.2) is 34.1 Å². The highest BCUT2D eigenvalue weighted by Crippen LogP contribution is 2.32. The van der Waals surface area contributed by atoms with Gasteiger partial charge in [0, 0.05) is 23.2 Å². The molecule has 1 aliphatic carbocycles. The van der Waals surface area contributed by atoms with Crippen molar-refractivity contribution in [3.8, 4) is 0 Å². The summed E-state index contributed by atoms with van der Waals surface area (Å²) in [5.74, 6) is 1.67. The van der Waals surface area contributed by atoms with Crippen LogP contribution in [0, 0.1) is 0 Å². The van der Waals surface area contributed by atoms with Gasteiger partial charge < -0.3 is 10.6 Å². The molecule has 112 valence electrons. The van der Waals surface area contributed by atoms with E-state index in [4.69, 9.17) is 0 Å². The Bertz CT molecular complexity index is 616. The van der Waals surface area contributed by atoms with E-state index in [0.29, 0.717) is 17.2 Å². The highest BCUT2D eigenvalue weighted by molar-refractivity contribution is 7.99. The van der Waals surface area contributed by atoms with Gasteiger partial charge in [0.1, 0.15) is 5.82 Å². The highest BCUT2D eigenvalue weighted by Gasteiger charge is 2.27. The van der Waals surface area contributed by atoms with Gasteiger partial charge in [0.25, 0.3) is 0 Å². The van der Waals surface area contributed by atoms with Crippen LogP contribution < -0.4 is 10.6 Å². The molecule has 1 aromatic heterocycles. The number of nitrogens with zero attached hydrogens (tertiary/aromatic N) is 2. The molecule has 0 radical (unpaired) electrons. The molecule has 0 aliphatic heterocycles. The van der Waals surface area contributed by atoms with Gasteiger partial charge in [-0.1, -0.05) is 18.6 Å². The second-order valence-electron chi connectivity index (χ2n) is 5.40. The number of rotatable bonds is 5. The summed E-state index contributed by atoms with van der Waals surface area (Å²) in [6.07, 6.45) is 6.02. The quantitative estimate of drug-likeness (QED) is 0.881. The minimum Gasteiger partial charge on any atom is -0.366 e. The first-order valence-corrected chi connectivity index (χ1v) is 8.90. The number of nitrogens with one attached hydrogen (secondary N) is 2. The van der Waals surface area contributed by atoms with Gasteiger partial charge in [-0.3, -0.25) is 0 Å². The number of hydrogen-bond acceptors (Lipinski definition) is 5. The summed E-state index contributed by atoms with van der Waals surface area (Å²) >= 11 is 1.96. The molecular weight excluding hydrogens is 280 g/mol. The van der Waals surface area contributed by atoms with E-state index < -0.39 is 0 Å². The van der Waals surface area contributed by atoms with Gasteiger partial charge in [0.05, 0.1) is 5.52 Å². The van der Waals surface area contributed by atoms with Crippen LogP contribution >= 0.6 is 11.8 Å². The van der Waals surface area contributed by atoms with Crippen LogP contribution in [0.4, 0.5) is 11.8 Å². The minimum atomic E-state index is 0.507. The van der Waals surface area contributed by atoms with Crippen LogP contribution in [0.25, 0.3) is 10.9 Å². The monoisotopic (exact) mass is 302 g/mol. The molecule has 21 heavy (non-hydrogen) atoms. The van der Waals surface area contributed by atoms with Crippen molar-refractivity contribution >= 4 is 34.4 Å². The Balaban J connectivity index is 1.95. The summed E-state index contributed by atoms with van der Waals surface area (Å²) in [7, 11) is 0. The number of benzene rings is 1. The molecule has 1 fully saturated rings. The zero-order valence-electron chi connectivity index (χ0n) is 12.6. The predicted molar refractivity (Wildman–Crippen MR) is 92.3 cm³/mol. The second-order valence-corrected chi connectivity index (χ2v) is 6.48. The van der Waals surface area contributed by atoms with Crippen LogP contribution in [0.15, 0.2) is 24.3 Å². The molecule has 0 spiro atoms. The molecule has 1 aliphatic rings. The number of hydrogen-bond donors (Lipinski definition) is 2. The number of aromatic nitrogens is 2. The van der Waals surface area contributed by atoms with Crippen molar-refractivity contribution in [1.82, 2.24) is 9.97 Å². The zero-order chi connectivity index (χ0) is 14.7. The van der Waals surface area contributed by atoms with Crippen LogP contribution in [0.1, 0.15) is 26.2 Å². The Kier molecular flexibility index (Phi) is 4.48. The fraction of sp³-hybridized carbons (Fsp3) is 0.500. The van der Waals surface area contributed by atoms with E-state index >= 15 is 0 Å². The van der Waals surface area contributed by atoms with Crippen LogP contribution in [-0.2, 0) is 0 Å². The molecule has 0 amide bonds. The Hall–Kier alpha value is -1.49. The van der Waals surface area contributed by atoms with E-state index in [-0.39, 0.29) is 0 Å². The molecule has 2 atom stereocenters. The summed E-state index contributed by atoms with van der Waals surface area (Å²) in [5, 5.41) is 8.68. The lowest BCUT2D eigenvalue weighted by Gasteiger charge is -2.21. The largest absolute Gasteiger partial charge is 0.366 e. The Morgan fingerprint density at radius 2 is 2.10 bits per heavy atom. The number of thioether (sulfide) groups is 1. The molecule has 3 rings (SSSR count). The lowest BCUT2D eigenvalue weighted by molar-refractivity contribution is 0.764. The Morgan fingerprint density at radius 1 is 1.24 bits per heavy atom. The molecule has 2 aromatic rings. The third-order valence-electron chi connectivity index (χ3n) is 4.02. The number of para-hydroxylation sites is 1. The average Bonchev–Trinajstić information content (AvgIpc) is 2.95. The molecule has 4 nitrogen and oxygen atoms in total. The summed E-state index contributed by atoms with van der Waals surface area (Å²) in [6.45, 7) is 2.89. The number of fused-ring (bicyclic) bond motifs is 1. The molecule has 1 saturated carbocycles. The first kappa shape index (κ1) is 14.4. The maximum atomic E-state index is 4.68. The summed E-state index contributed by atoms with van der Waals surface area (Å²) in [5.41, 5.74) is 0.990. The second kappa shape index (κ2) is 6.52. The summed E-state index contributed by atoms with van der Waals surface area (Å²) in [4.78, 5) is 9.25.